The topological polar surface area (TPSA) is 91.6 Å². The number of hydrogen-bond donors (Lipinski definition) is 1. The van der Waals surface area contributed by atoms with Crippen LogP contribution in [-0.2, 0) is 19.6 Å². The molecule has 10 heteroatoms. The highest BCUT2D eigenvalue weighted by Gasteiger charge is 2.35. The molecule has 0 aliphatic rings. The molecule has 0 saturated carbocycles. The Morgan fingerprint density at radius 1 is 1.05 bits per heavy atom. The van der Waals surface area contributed by atoms with Gasteiger partial charge in [0, 0.05) is 42.3 Å². The largest absolute Gasteiger partial charge is 0.419 e. The lowest BCUT2D eigenvalue weighted by Gasteiger charge is -2.21. The zero-order chi connectivity index (χ0) is 26.3. The summed E-state index contributed by atoms with van der Waals surface area (Å²) in [6.45, 7) is 1.77. The fourth-order valence-corrected chi connectivity index (χ4v) is 4.61. The first-order valence-electron chi connectivity index (χ1n) is 11.5. The molecule has 5 rings (SSSR count). The van der Waals surface area contributed by atoms with Crippen molar-refractivity contribution in [3.63, 3.8) is 0 Å². The number of anilines is 1. The molecule has 7 nitrogen and oxygen atoms in total. The Kier molecular flexibility index (Phi) is 6.02. The summed E-state index contributed by atoms with van der Waals surface area (Å²) < 4.78 is 44.2. The van der Waals surface area contributed by atoms with E-state index < -0.39 is 17.7 Å². The number of fused-ring (bicyclic) bond motifs is 1. The Morgan fingerprint density at radius 2 is 1.81 bits per heavy atom. The lowest BCUT2D eigenvalue weighted by molar-refractivity contribution is -0.138. The minimum Gasteiger partial charge on any atom is -0.368 e. The van der Waals surface area contributed by atoms with Gasteiger partial charge >= 0.3 is 6.18 Å². The third-order valence-electron chi connectivity index (χ3n) is 6.30. The summed E-state index contributed by atoms with van der Waals surface area (Å²) in [4.78, 5) is 21.5. The van der Waals surface area contributed by atoms with E-state index >= 15 is 0 Å². The van der Waals surface area contributed by atoms with Crippen molar-refractivity contribution < 1.29 is 13.2 Å². The maximum absolute atomic E-state index is 14.1. The molecule has 5 aromatic rings. The first-order valence-corrected chi connectivity index (χ1v) is 11.5. The van der Waals surface area contributed by atoms with Crippen LogP contribution in [0.1, 0.15) is 29.8 Å². The summed E-state index contributed by atoms with van der Waals surface area (Å²) in [5, 5.41) is 5.41. The number of nitrogens with two attached hydrogens (primary N) is 1. The van der Waals surface area contributed by atoms with Gasteiger partial charge in [-0.05, 0) is 35.6 Å². The van der Waals surface area contributed by atoms with Crippen molar-refractivity contribution in [2.45, 2.75) is 25.4 Å². The minimum absolute atomic E-state index is 0.0956. The van der Waals surface area contributed by atoms with Crippen molar-refractivity contribution in [1.29, 1.82) is 0 Å². The Labute approximate surface area is 210 Å². The molecule has 3 aromatic heterocycles. The van der Waals surface area contributed by atoms with Crippen LogP contribution in [0.4, 0.5) is 19.1 Å². The van der Waals surface area contributed by atoms with Gasteiger partial charge in [-0.2, -0.15) is 18.3 Å². The minimum atomic E-state index is -4.64. The summed E-state index contributed by atoms with van der Waals surface area (Å²) in [7, 11) is 1.80. The average molecular weight is 505 g/mol. The van der Waals surface area contributed by atoms with E-state index in [1.165, 1.54) is 0 Å². The van der Waals surface area contributed by atoms with Crippen molar-refractivity contribution in [1.82, 2.24) is 24.3 Å². The monoisotopic (exact) mass is 504 g/mol. The van der Waals surface area contributed by atoms with Gasteiger partial charge in [-0.1, -0.05) is 43.3 Å². The van der Waals surface area contributed by atoms with Crippen LogP contribution >= 0.6 is 0 Å². The van der Waals surface area contributed by atoms with Gasteiger partial charge in [-0.25, -0.2) is 9.97 Å². The van der Waals surface area contributed by atoms with Gasteiger partial charge in [-0.3, -0.25) is 14.0 Å². The van der Waals surface area contributed by atoms with E-state index in [1.807, 2.05) is 36.5 Å². The second-order valence-corrected chi connectivity index (χ2v) is 8.91. The molecule has 0 aliphatic carbocycles. The van der Waals surface area contributed by atoms with Crippen LogP contribution < -0.4 is 11.3 Å². The number of hydrogen-bond acceptors (Lipinski definition) is 5. The van der Waals surface area contributed by atoms with Crippen LogP contribution in [0.25, 0.3) is 27.6 Å². The molecule has 2 aromatic carbocycles. The number of benzene rings is 2. The third kappa shape index (κ3) is 4.57. The molecule has 0 saturated heterocycles. The van der Waals surface area contributed by atoms with Gasteiger partial charge in [-0.15, -0.1) is 0 Å². The van der Waals surface area contributed by atoms with Gasteiger partial charge in [0.05, 0.1) is 22.8 Å². The summed E-state index contributed by atoms with van der Waals surface area (Å²) >= 11 is 0. The van der Waals surface area contributed by atoms with E-state index in [0.29, 0.717) is 28.4 Å². The molecule has 0 unspecified atom stereocenters. The highest BCUT2D eigenvalue weighted by molar-refractivity contribution is 5.96. The van der Waals surface area contributed by atoms with Crippen molar-refractivity contribution in [3.05, 3.63) is 100 Å². The van der Waals surface area contributed by atoms with E-state index in [2.05, 4.69) is 15.1 Å². The molecule has 2 N–H and O–H groups in total. The number of aromatic nitrogens is 5. The number of nitrogens with zero attached hydrogens (tertiary/aromatic N) is 5. The molecule has 1 atom stereocenters. The highest BCUT2D eigenvalue weighted by atomic mass is 19.4. The fraction of sp³-hybridized carbons (Fsp3) is 0.185. The Morgan fingerprint density at radius 3 is 2.49 bits per heavy atom. The van der Waals surface area contributed by atoms with Gasteiger partial charge in [0.25, 0.3) is 5.56 Å². The van der Waals surface area contributed by atoms with E-state index in [-0.39, 0.29) is 23.6 Å². The van der Waals surface area contributed by atoms with Crippen molar-refractivity contribution in [3.8, 4) is 16.8 Å². The number of halogens is 3. The van der Waals surface area contributed by atoms with Crippen molar-refractivity contribution >= 4 is 16.7 Å². The SMILES string of the molecule is C[C@H](Cc1nc(N)ncc1C(F)(F)F)c1cc2cccc(-c3cnn(C)c3)c2c(=O)n1-c1ccccc1. The van der Waals surface area contributed by atoms with Gasteiger partial charge in [0.1, 0.15) is 0 Å². The van der Waals surface area contributed by atoms with Crippen molar-refractivity contribution in [2.24, 2.45) is 7.05 Å². The second-order valence-electron chi connectivity index (χ2n) is 8.91. The van der Waals surface area contributed by atoms with E-state index in [0.717, 1.165) is 11.1 Å². The van der Waals surface area contributed by atoms with Crippen molar-refractivity contribution in [2.75, 3.05) is 5.73 Å². The predicted molar refractivity (Wildman–Crippen MR) is 135 cm³/mol. The molecule has 0 spiro atoms. The quantitative estimate of drug-likeness (QED) is 0.358. The van der Waals surface area contributed by atoms with Crippen LogP contribution in [0, 0.1) is 0 Å². The predicted octanol–water partition coefficient (Wildman–Crippen LogP) is 5.13. The van der Waals surface area contributed by atoms with Gasteiger partial charge in [0.15, 0.2) is 0 Å². The average Bonchev–Trinajstić information content (AvgIpc) is 3.29. The number of rotatable bonds is 5. The number of pyridine rings is 1. The van der Waals surface area contributed by atoms with E-state index in [9.17, 15) is 18.0 Å². The maximum atomic E-state index is 14.1. The number of aryl methyl sites for hydroxylation is 1. The lowest BCUT2D eigenvalue weighted by atomic mass is 9.94. The van der Waals surface area contributed by atoms with Gasteiger partial charge < -0.3 is 5.73 Å². The fourth-order valence-electron chi connectivity index (χ4n) is 4.61. The molecular weight excluding hydrogens is 481 g/mol. The Bertz CT molecular complexity index is 1660. The molecular formula is C27H23F3N6O. The third-order valence-corrected chi connectivity index (χ3v) is 6.30. The van der Waals surface area contributed by atoms with Crippen LogP contribution in [0.5, 0.6) is 0 Å². The van der Waals surface area contributed by atoms with Gasteiger partial charge in [0.2, 0.25) is 5.95 Å². The molecule has 37 heavy (non-hydrogen) atoms. The maximum Gasteiger partial charge on any atom is 0.419 e. The lowest BCUT2D eigenvalue weighted by Crippen LogP contribution is -2.25. The van der Waals surface area contributed by atoms with E-state index in [4.69, 9.17) is 5.73 Å². The standard InChI is InChI=1S/C27H23F3N6O/c1-16(11-22-21(27(28,29)30)14-32-26(31)34-22)23-12-17-7-6-10-20(18-13-33-35(2)15-18)24(17)25(37)36(23)19-8-4-3-5-9-19/h3-10,12-16H,11H2,1-2H3,(H2,31,32,34)/t16-/m1/s1. The zero-order valence-electron chi connectivity index (χ0n) is 20.1. The number of alkyl halides is 3. The number of nitrogen functional groups attached to an aromatic ring is 1. The number of para-hydroxylation sites is 1. The highest BCUT2D eigenvalue weighted by Crippen LogP contribution is 2.35. The Hall–Kier alpha value is -4.47. The molecule has 0 bridgehead atoms. The smallest absolute Gasteiger partial charge is 0.368 e. The summed E-state index contributed by atoms with van der Waals surface area (Å²) in [5.41, 5.74) is 6.86. The zero-order valence-corrected chi connectivity index (χ0v) is 20.1. The second kappa shape index (κ2) is 9.20. The first kappa shape index (κ1) is 24.2. The molecule has 0 aliphatic heterocycles. The summed E-state index contributed by atoms with van der Waals surface area (Å²) in [6, 6.07) is 16.4. The van der Waals surface area contributed by atoms with E-state index in [1.54, 1.807) is 53.7 Å². The molecule has 188 valence electrons. The summed E-state index contributed by atoms with van der Waals surface area (Å²) in [5.74, 6) is -0.759. The molecule has 0 radical (unpaired) electrons. The normalized spacial score (nSPS) is 12.7. The molecule has 0 amide bonds. The first-order chi connectivity index (χ1) is 17.6. The van der Waals surface area contributed by atoms with Crippen LogP contribution in [0.2, 0.25) is 0 Å². The van der Waals surface area contributed by atoms with Crippen LogP contribution in [0.15, 0.2) is 78.0 Å². The van der Waals surface area contributed by atoms with Crippen LogP contribution in [0.3, 0.4) is 0 Å². The molecule has 3 heterocycles. The Balaban J connectivity index is 1.73. The summed E-state index contributed by atoms with van der Waals surface area (Å²) in [6.07, 6.45) is -0.508. The molecule has 0 fully saturated rings. The van der Waals surface area contributed by atoms with Crippen LogP contribution in [-0.4, -0.2) is 24.3 Å².